The molecule has 0 spiro atoms. The van der Waals surface area contributed by atoms with Crippen LogP contribution in [0.2, 0.25) is 0 Å². The van der Waals surface area contributed by atoms with Crippen LogP contribution in [0, 0.1) is 6.92 Å². The van der Waals surface area contributed by atoms with Gasteiger partial charge in [-0.05, 0) is 87.5 Å². The van der Waals surface area contributed by atoms with E-state index in [2.05, 4.69) is 55.8 Å². The van der Waals surface area contributed by atoms with Gasteiger partial charge in [0.1, 0.15) is 11.6 Å². The fraction of sp³-hybridized carbons (Fsp3) is 0.425. The van der Waals surface area contributed by atoms with Crippen LogP contribution >= 0.6 is 15.9 Å². The maximum Gasteiger partial charge on any atom is 0.241 e. The van der Waals surface area contributed by atoms with Crippen LogP contribution in [-0.4, -0.2) is 90.5 Å². The zero-order valence-corrected chi connectivity index (χ0v) is 32.2. The number of fused-ring (bicyclic) bond motifs is 1. The second-order valence-corrected chi connectivity index (χ2v) is 14.6. The van der Waals surface area contributed by atoms with Crippen molar-refractivity contribution in [2.45, 2.75) is 57.9 Å². The van der Waals surface area contributed by atoms with Gasteiger partial charge in [0.2, 0.25) is 17.7 Å². The van der Waals surface area contributed by atoms with E-state index >= 15 is 0 Å². The van der Waals surface area contributed by atoms with E-state index in [0.29, 0.717) is 49.9 Å². The SMILES string of the molecule is COc1cc2c(N[C@H](C)c3cccc(Br)c3)nc(C)nc2cc1OCCCCCN1CCN(C(=O)CNc2cccc(C3CCC(=O)NC3=O)c2)CC1. The van der Waals surface area contributed by atoms with Gasteiger partial charge in [-0.2, -0.15) is 0 Å². The normalized spacial score (nSPS) is 17.0. The molecule has 0 aliphatic carbocycles. The van der Waals surface area contributed by atoms with E-state index in [1.54, 1.807) is 7.11 Å². The second kappa shape index (κ2) is 17.8. The summed E-state index contributed by atoms with van der Waals surface area (Å²) in [5.41, 5.74) is 3.57. The summed E-state index contributed by atoms with van der Waals surface area (Å²) in [6, 6.07) is 19.7. The first-order valence-corrected chi connectivity index (χ1v) is 19.1. The Hall–Kier alpha value is -4.75. The van der Waals surface area contributed by atoms with Crippen molar-refractivity contribution in [3.05, 3.63) is 82.1 Å². The number of nitrogens with one attached hydrogen (secondary N) is 3. The largest absolute Gasteiger partial charge is 0.493 e. The number of piperazine rings is 1. The van der Waals surface area contributed by atoms with Gasteiger partial charge in [-0.1, -0.05) is 40.2 Å². The number of anilines is 2. The number of ether oxygens (including phenoxy) is 2. The molecule has 53 heavy (non-hydrogen) atoms. The molecule has 2 aliphatic rings. The molecule has 1 unspecified atom stereocenters. The first-order valence-electron chi connectivity index (χ1n) is 18.4. The number of aromatic nitrogens is 2. The summed E-state index contributed by atoms with van der Waals surface area (Å²) in [4.78, 5) is 50.5. The summed E-state index contributed by atoms with van der Waals surface area (Å²) >= 11 is 3.56. The van der Waals surface area contributed by atoms with Crippen LogP contribution in [-0.2, 0) is 14.4 Å². The van der Waals surface area contributed by atoms with E-state index in [4.69, 9.17) is 19.4 Å². The standard InChI is InChI=1S/C40H48BrN7O5/c1-26(28-9-7-11-30(41)21-28)43-39-33-23-35(52-3)36(24-34(33)44-27(2)45-39)53-20-6-4-5-15-47-16-18-48(19-17-47)38(50)25-42-31-12-8-10-29(22-31)32-13-14-37(49)46-40(32)51/h7-12,21-24,26,32,42H,4-6,13-20,25H2,1-3H3,(H,43,44,45)(H,46,49,51)/t26-,32?/m1/s1. The number of halogens is 1. The highest BCUT2D eigenvalue weighted by Crippen LogP contribution is 2.36. The van der Waals surface area contributed by atoms with Gasteiger partial charge in [0, 0.05) is 54.2 Å². The molecule has 2 aliphatic heterocycles. The number of carbonyl (C=O) groups excluding carboxylic acids is 3. The molecule has 0 radical (unpaired) electrons. The Bertz CT molecular complexity index is 1930. The van der Waals surface area contributed by atoms with Crippen LogP contribution in [0.4, 0.5) is 11.5 Å². The minimum atomic E-state index is -0.353. The van der Waals surface area contributed by atoms with Crippen molar-refractivity contribution in [2.75, 3.05) is 63.6 Å². The van der Waals surface area contributed by atoms with Gasteiger partial charge < -0.3 is 25.0 Å². The Morgan fingerprint density at radius 3 is 2.58 bits per heavy atom. The van der Waals surface area contributed by atoms with E-state index in [1.165, 1.54) is 0 Å². The van der Waals surface area contributed by atoms with E-state index in [1.807, 2.05) is 60.4 Å². The summed E-state index contributed by atoms with van der Waals surface area (Å²) in [5, 5.41) is 10.1. The number of imide groups is 1. The minimum absolute atomic E-state index is 0.0332. The van der Waals surface area contributed by atoms with E-state index in [-0.39, 0.29) is 36.2 Å². The highest BCUT2D eigenvalue weighted by atomic mass is 79.9. The average molecular weight is 787 g/mol. The average Bonchev–Trinajstić information content (AvgIpc) is 3.15. The van der Waals surface area contributed by atoms with Crippen LogP contribution in [0.1, 0.15) is 67.9 Å². The van der Waals surface area contributed by atoms with Gasteiger partial charge in [-0.15, -0.1) is 0 Å². The second-order valence-electron chi connectivity index (χ2n) is 13.7. The van der Waals surface area contributed by atoms with Crippen LogP contribution in [0.5, 0.6) is 11.5 Å². The Morgan fingerprint density at radius 2 is 1.81 bits per heavy atom. The number of carbonyl (C=O) groups is 3. The molecule has 13 heteroatoms. The molecule has 3 amide bonds. The molecule has 4 aromatic rings. The van der Waals surface area contributed by atoms with Crippen molar-refractivity contribution in [1.29, 1.82) is 0 Å². The van der Waals surface area contributed by atoms with Crippen molar-refractivity contribution < 1.29 is 23.9 Å². The summed E-state index contributed by atoms with van der Waals surface area (Å²) in [6.45, 7) is 8.84. The molecule has 3 N–H and O–H groups in total. The molecule has 0 bridgehead atoms. The third-order valence-electron chi connectivity index (χ3n) is 9.87. The fourth-order valence-electron chi connectivity index (χ4n) is 6.88. The molecule has 2 atom stereocenters. The Morgan fingerprint density at radius 1 is 1.00 bits per heavy atom. The quantitative estimate of drug-likeness (QED) is 0.0943. The van der Waals surface area contributed by atoms with Crippen molar-refractivity contribution in [1.82, 2.24) is 25.1 Å². The monoisotopic (exact) mass is 785 g/mol. The zero-order valence-electron chi connectivity index (χ0n) is 30.6. The maximum absolute atomic E-state index is 13.0. The first-order chi connectivity index (χ1) is 25.7. The maximum atomic E-state index is 13.0. The predicted octanol–water partition coefficient (Wildman–Crippen LogP) is 6.21. The smallest absolute Gasteiger partial charge is 0.241 e. The Balaban J connectivity index is 0.910. The summed E-state index contributed by atoms with van der Waals surface area (Å²) in [5.74, 6) is 1.95. The van der Waals surface area contributed by atoms with Crippen LogP contribution < -0.4 is 25.4 Å². The van der Waals surface area contributed by atoms with E-state index < -0.39 is 0 Å². The molecule has 6 rings (SSSR count). The van der Waals surface area contributed by atoms with Crippen molar-refractivity contribution in [3.63, 3.8) is 0 Å². The van der Waals surface area contributed by atoms with Crippen molar-refractivity contribution in [2.24, 2.45) is 0 Å². The number of aryl methyl sites for hydroxylation is 1. The van der Waals surface area contributed by atoms with E-state index in [0.717, 1.165) is 76.9 Å². The number of benzene rings is 3. The lowest BCUT2D eigenvalue weighted by Gasteiger charge is -2.34. The predicted molar refractivity (Wildman–Crippen MR) is 209 cm³/mol. The highest BCUT2D eigenvalue weighted by molar-refractivity contribution is 9.10. The van der Waals surface area contributed by atoms with Gasteiger partial charge in [0.25, 0.3) is 0 Å². The lowest BCUT2D eigenvalue weighted by molar-refractivity contribution is -0.134. The summed E-state index contributed by atoms with van der Waals surface area (Å²) < 4.78 is 13.0. The summed E-state index contributed by atoms with van der Waals surface area (Å²) in [6.07, 6.45) is 3.82. The molecule has 1 aromatic heterocycles. The molecule has 3 aromatic carbocycles. The first kappa shape index (κ1) is 38.0. The number of unbranched alkanes of at least 4 members (excludes halogenated alkanes) is 2. The fourth-order valence-corrected chi connectivity index (χ4v) is 7.30. The van der Waals surface area contributed by atoms with Gasteiger partial charge in [-0.3, -0.25) is 24.6 Å². The molecule has 2 fully saturated rings. The molecule has 3 heterocycles. The molecule has 2 saturated heterocycles. The van der Waals surface area contributed by atoms with Crippen LogP contribution in [0.25, 0.3) is 10.9 Å². The van der Waals surface area contributed by atoms with Gasteiger partial charge in [0.05, 0.1) is 37.7 Å². The topological polar surface area (TPSA) is 138 Å². The van der Waals surface area contributed by atoms with Crippen molar-refractivity contribution in [3.8, 4) is 11.5 Å². The number of amides is 3. The minimum Gasteiger partial charge on any atom is -0.493 e. The number of hydrogen-bond acceptors (Lipinski definition) is 10. The van der Waals surface area contributed by atoms with Crippen LogP contribution in [0.15, 0.2) is 65.1 Å². The zero-order chi connectivity index (χ0) is 37.3. The third kappa shape index (κ3) is 10.0. The van der Waals surface area contributed by atoms with Gasteiger partial charge in [0.15, 0.2) is 11.5 Å². The molecule has 280 valence electrons. The van der Waals surface area contributed by atoms with E-state index in [9.17, 15) is 14.4 Å². The molecule has 12 nitrogen and oxygen atoms in total. The number of piperidine rings is 1. The van der Waals surface area contributed by atoms with Gasteiger partial charge >= 0.3 is 0 Å². The number of hydrogen-bond donors (Lipinski definition) is 3. The van der Waals surface area contributed by atoms with Crippen molar-refractivity contribution >= 4 is 56.1 Å². The number of rotatable bonds is 15. The van der Waals surface area contributed by atoms with Crippen LogP contribution in [0.3, 0.4) is 0 Å². The van der Waals surface area contributed by atoms with Gasteiger partial charge in [-0.25, -0.2) is 9.97 Å². The summed E-state index contributed by atoms with van der Waals surface area (Å²) in [7, 11) is 1.65. The number of methoxy groups -OCH3 is 1. The Kier molecular flexibility index (Phi) is 12.8. The lowest BCUT2D eigenvalue weighted by atomic mass is 9.90. The molecular formula is C40H48BrN7O5. The third-order valence-corrected chi connectivity index (χ3v) is 10.4. The Labute approximate surface area is 319 Å². The molecular weight excluding hydrogens is 738 g/mol. The lowest BCUT2D eigenvalue weighted by Crippen LogP contribution is -2.50. The number of nitrogens with zero attached hydrogens (tertiary/aromatic N) is 4. The molecule has 0 saturated carbocycles. The highest BCUT2D eigenvalue weighted by Gasteiger charge is 2.28.